The van der Waals surface area contributed by atoms with Crippen molar-refractivity contribution in [2.24, 2.45) is 0 Å². The first-order valence-electron chi connectivity index (χ1n) is 9.76. The molecule has 0 saturated carbocycles. The highest BCUT2D eigenvalue weighted by molar-refractivity contribution is 8.00. The zero-order valence-electron chi connectivity index (χ0n) is 18.1. The third-order valence-corrected chi connectivity index (χ3v) is 5.29. The summed E-state index contributed by atoms with van der Waals surface area (Å²) in [5.41, 5.74) is 1.10. The number of hydrogen-bond acceptors (Lipinski definition) is 6. The maximum absolute atomic E-state index is 13.9. The minimum Gasteiger partial charge on any atom is -0.479 e. The lowest BCUT2D eigenvalue weighted by Crippen LogP contribution is -2.38. The summed E-state index contributed by atoms with van der Waals surface area (Å²) in [6.45, 7) is 0.513. The van der Waals surface area contributed by atoms with Crippen molar-refractivity contribution in [3.63, 3.8) is 0 Å². The zero-order chi connectivity index (χ0) is 25.0. The summed E-state index contributed by atoms with van der Waals surface area (Å²) < 4.78 is 58.8. The number of ether oxygens (including phenoxy) is 1. The van der Waals surface area contributed by atoms with Crippen LogP contribution in [0.2, 0.25) is 5.02 Å². The molecule has 0 aliphatic heterocycles. The Balaban J connectivity index is 1.92. The minimum absolute atomic E-state index is 0.0522. The molecule has 13 heteroatoms. The molecule has 0 fully saturated rings. The smallest absolute Gasteiger partial charge is 0.260 e. The lowest BCUT2D eigenvalue weighted by atomic mass is 10.2. The molecule has 1 unspecified atom stereocenters. The molecule has 34 heavy (non-hydrogen) atoms. The van der Waals surface area contributed by atoms with Crippen LogP contribution in [0.5, 0.6) is 5.75 Å². The summed E-state index contributed by atoms with van der Waals surface area (Å²) in [6, 6.07) is 6.71. The van der Waals surface area contributed by atoms with Gasteiger partial charge in [-0.05, 0) is 37.1 Å². The van der Waals surface area contributed by atoms with Gasteiger partial charge in [-0.2, -0.15) is 0 Å². The van der Waals surface area contributed by atoms with Gasteiger partial charge in [-0.1, -0.05) is 11.6 Å². The Hall–Kier alpha value is -3.25. The third kappa shape index (κ3) is 6.64. The number of carbonyl (C=O) groups excluding carboxylic acids is 1. The Morgan fingerprint density at radius 3 is 2.68 bits per heavy atom. The molecule has 0 saturated heterocycles. The fourth-order valence-electron chi connectivity index (χ4n) is 2.93. The highest BCUT2D eigenvalue weighted by Gasteiger charge is 2.19. The normalized spacial score (nSPS) is 13.9. The van der Waals surface area contributed by atoms with E-state index in [1.54, 1.807) is 6.07 Å². The van der Waals surface area contributed by atoms with E-state index in [-0.39, 0.29) is 22.3 Å². The molecule has 1 amide bonds. The molecule has 0 aliphatic rings. The van der Waals surface area contributed by atoms with Crippen molar-refractivity contribution in [1.29, 1.82) is 0 Å². The number of alkyl halides is 2. The average molecular weight is 516 g/mol. The third-order valence-electron chi connectivity index (χ3n) is 4.32. The van der Waals surface area contributed by atoms with Crippen LogP contribution in [0.1, 0.15) is 6.92 Å². The second kappa shape index (κ2) is 10.3. The Bertz CT molecular complexity index is 1320. The summed E-state index contributed by atoms with van der Waals surface area (Å²) in [5, 5.41) is 5.67. The van der Waals surface area contributed by atoms with Crippen molar-refractivity contribution in [3.8, 4) is 5.75 Å². The van der Waals surface area contributed by atoms with E-state index in [4.69, 9.17) is 16.3 Å². The number of nitrogens with zero attached hydrogens (tertiary/aromatic N) is 2. The molecule has 2 aromatic carbocycles. The van der Waals surface area contributed by atoms with Gasteiger partial charge in [0.05, 0.1) is 28.2 Å². The van der Waals surface area contributed by atoms with Gasteiger partial charge < -0.3 is 20.1 Å². The van der Waals surface area contributed by atoms with Crippen LogP contribution >= 0.6 is 11.6 Å². The predicted molar refractivity (Wildman–Crippen MR) is 128 cm³/mol. The zero-order valence-corrected chi connectivity index (χ0v) is 19.6. The molecular formula is C21H21ClF3N5O3S. The topological polar surface area (TPSA) is 105 Å². The standard InChI is InChI=1S/C21H21ClF3N5O3S/c1-11(21(31)26-9-18(24)25)33-17-6-12(23)4-5-15(17)29-20-19-14(22)7-13(30-34(2,3)32)8-16(19)27-10-28-20/h4-8,10-11,18H,2,9H2,1,3H3,(H,26,31)(H,30,32)(H,27,28,29)/t11-,34?/m1/s1. The van der Waals surface area contributed by atoms with Crippen LogP contribution < -0.4 is 20.1 Å². The number of halogens is 4. The van der Waals surface area contributed by atoms with Crippen LogP contribution in [0.15, 0.2) is 36.7 Å². The summed E-state index contributed by atoms with van der Waals surface area (Å²) in [6.07, 6.45) is -1.20. The number of amides is 1. The van der Waals surface area contributed by atoms with Crippen LogP contribution in [0, 0.1) is 5.82 Å². The number of carbonyl (C=O) groups is 1. The van der Waals surface area contributed by atoms with E-state index in [0.717, 1.165) is 12.1 Å². The Morgan fingerprint density at radius 2 is 2.00 bits per heavy atom. The highest BCUT2D eigenvalue weighted by atomic mass is 35.5. The number of fused-ring (bicyclic) bond motifs is 1. The first-order chi connectivity index (χ1) is 15.9. The molecule has 0 radical (unpaired) electrons. The molecule has 8 nitrogen and oxygen atoms in total. The quantitative estimate of drug-likeness (QED) is 0.372. The van der Waals surface area contributed by atoms with Crippen LogP contribution in [0.3, 0.4) is 0 Å². The van der Waals surface area contributed by atoms with Crippen molar-refractivity contribution >= 4 is 61.2 Å². The molecule has 3 aromatic rings. The van der Waals surface area contributed by atoms with Crippen molar-refractivity contribution in [1.82, 2.24) is 15.3 Å². The number of rotatable bonds is 9. The van der Waals surface area contributed by atoms with Gasteiger partial charge in [0.15, 0.2) is 6.10 Å². The molecule has 182 valence electrons. The largest absolute Gasteiger partial charge is 0.479 e. The van der Waals surface area contributed by atoms with Gasteiger partial charge in [-0.25, -0.2) is 27.3 Å². The van der Waals surface area contributed by atoms with Gasteiger partial charge in [0.2, 0.25) is 0 Å². The molecule has 3 rings (SSSR count). The van der Waals surface area contributed by atoms with E-state index < -0.39 is 40.5 Å². The van der Waals surface area contributed by atoms with Gasteiger partial charge in [0.25, 0.3) is 12.3 Å². The summed E-state index contributed by atoms with van der Waals surface area (Å²) in [5.74, 6) is 2.31. The van der Waals surface area contributed by atoms with E-state index >= 15 is 0 Å². The maximum Gasteiger partial charge on any atom is 0.260 e. The SMILES string of the molecule is C=S(C)(=O)Nc1cc(Cl)c2c(Nc3ccc(F)cc3O[C@H](C)C(=O)NCC(F)F)ncnc2c1. The summed E-state index contributed by atoms with van der Waals surface area (Å²) in [7, 11) is -2.55. The molecular weight excluding hydrogens is 495 g/mol. The monoisotopic (exact) mass is 515 g/mol. The van der Waals surface area contributed by atoms with Crippen LogP contribution in [0.4, 0.5) is 30.4 Å². The van der Waals surface area contributed by atoms with E-state index in [0.29, 0.717) is 16.6 Å². The molecule has 0 bridgehead atoms. The second-order valence-electron chi connectivity index (χ2n) is 7.34. The van der Waals surface area contributed by atoms with Crippen molar-refractivity contribution < 1.29 is 26.9 Å². The fraction of sp³-hybridized carbons (Fsp3) is 0.238. The molecule has 0 aliphatic carbocycles. The van der Waals surface area contributed by atoms with Crippen LogP contribution in [0.25, 0.3) is 10.9 Å². The summed E-state index contributed by atoms with van der Waals surface area (Å²) >= 11 is 6.43. The van der Waals surface area contributed by atoms with Gasteiger partial charge in [-0.3, -0.25) is 4.79 Å². The van der Waals surface area contributed by atoms with Crippen molar-refractivity contribution in [2.45, 2.75) is 19.5 Å². The number of aromatic nitrogens is 2. The van der Waals surface area contributed by atoms with E-state index in [1.165, 1.54) is 31.6 Å². The Morgan fingerprint density at radius 1 is 1.26 bits per heavy atom. The van der Waals surface area contributed by atoms with Crippen molar-refractivity contribution in [2.75, 3.05) is 22.8 Å². The van der Waals surface area contributed by atoms with E-state index in [9.17, 15) is 22.2 Å². The summed E-state index contributed by atoms with van der Waals surface area (Å²) in [4.78, 5) is 20.4. The van der Waals surface area contributed by atoms with Crippen LogP contribution in [-0.4, -0.2) is 51.3 Å². The minimum atomic E-state index is -2.72. The Kier molecular flexibility index (Phi) is 7.72. The van der Waals surface area contributed by atoms with Gasteiger partial charge in [-0.15, -0.1) is 0 Å². The highest BCUT2D eigenvalue weighted by Crippen LogP contribution is 2.35. The van der Waals surface area contributed by atoms with Gasteiger partial charge >= 0.3 is 0 Å². The van der Waals surface area contributed by atoms with Gasteiger partial charge in [0.1, 0.15) is 23.7 Å². The molecule has 2 atom stereocenters. The number of nitrogens with one attached hydrogen (secondary N) is 3. The first kappa shape index (κ1) is 25.4. The number of anilines is 3. The predicted octanol–water partition coefficient (Wildman–Crippen LogP) is 3.99. The lowest BCUT2D eigenvalue weighted by molar-refractivity contribution is -0.127. The number of benzene rings is 2. The average Bonchev–Trinajstić information content (AvgIpc) is 2.72. The molecule has 1 heterocycles. The second-order valence-corrected chi connectivity index (χ2v) is 9.96. The van der Waals surface area contributed by atoms with Gasteiger partial charge in [0, 0.05) is 27.7 Å². The Labute approximate surface area is 199 Å². The maximum atomic E-state index is 13.9. The van der Waals surface area contributed by atoms with Crippen LogP contribution in [-0.2, 0) is 14.5 Å². The molecule has 3 N–H and O–H groups in total. The van der Waals surface area contributed by atoms with E-state index in [2.05, 4.69) is 25.9 Å². The lowest BCUT2D eigenvalue weighted by Gasteiger charge is -2.18. The number of hydrogen-bond donors (Lipinski definition) is 3. The first-order valence-corrected chi connectivity index (χ1v) is 12.3. The van der Waals surface area contributed by atoms with Crippen molar-refractivity contribution in [3.05, 3.63) is 47.5 Å². The molecule has 0 spiro atoms. The fourth-order valence-corrected chi connectivity index (χ4v) is 3.86. The van der Waals surface area contributed by atoms with E-state index in [1.807, 2.05) is 5.32 Å². The molecule has 1 aromatic heterocycles.